The van der Waals surface area contributed by atoms with Gasteiger partial charge >= 0.3 is 5.97 Å². The maximum Gasteiger partial charge on any atom is 0.330 e. The first kappa shape index (κ1) is 86.9. The Kier molecular flexibility index (Phi) is 26.6. The molecule has 11 bridgehead atoms. The van der Waals surface area contributed by atoms with Crippen LogP contribution in [0.15, 0.2) is 116 Å². The van der Waals surface area contributed by atoms with E-state index in [0.29, 0.717) is 11.4 Å². The van der Waals surface area contributed by atoms with Crippen molar-refractivity contribution in [3.8, 4) is 62.9 Å². The molecule has 0 aliphatic carbocycles. The maximum absolute atomic E-state index is 16.4. The average molecular weight is 1690 g/mol. The zero-order valence-corrected chi connectivity index (χ0v) is 66.1. The molecule has 1 aromatic heterocycles. The van der Waals surface area contributed by atoms with E-state index in [1.165, 1.54) is 56.6 Å². The molecule has 0 radical (unpaired) electrons. The number of halogens is 2. The highest BCUT2D eigenvalue weighted by atomic mass is 35.5. The number of carboxylic acids is 1. The number of aromatic nitrogens is 2. The van der Waals surface area contributed by atoms with Gasteiger partial charge < -0.3 is 137 Å². The number of carboxylic acid groups (broad SMARTS) is 1. The van der Waals surface area contributed by atoms with Crippen LogP contribution in [0.2, 0.25) is 10.0 Å². The van der Waals surface area contributed by atoms with E-state index in [-0.39, 0.29) is 60.6 Å². The third-order valence-corrected chi connectivity index (χ3v) is 21.8. The molecular weight excluding hydrogens is 1600 g/mol. The van der Waals surface area contributed by atoms with Gasteiger partial charge in [-0.3, -0.25) is 38.4 Å². The van der Waals surface area contributed by atoms with Gasteiger partial charge in [0.05, 0.1) is 54.4 Å². The van der Waals surface area contributed by atoms with E-state index >= 15 is 28.8 Å². The molecule has 0 saturated carbocycles. The summed E-state index contributed by atoms with van der Waals surface area (Å²) in [6.45, 7) is 5.76. The number of carbonyl (C=O) groups excluding carboxylic acids is 8. The lowest BCUT2D eigenvalue weighted by Crippen LogP contribution is -2.63. The number of ether oxygens (including phenoxy) is 7. The minimum atomic E-state index is -2.41. The van der Waals surface area contributed by atoms with Gasteiger partial charge in [-0.1, -0.05) is 67.4 Å². The fourth-order valence-electron chi connectivity index (χ4n) is 14.8. The van der Waals surface area contributed by atoms with E-state index in [2.05, 4.69) is 47.2 Å². The van der Waals surface area contributed by atoms with Gasteiger partial charge in [0, 0.05) is 60.9 Å². The summed E-state index contributed by atoms with van der Waals surface area (Å²) in [7, 11) is 2.87. The molecule has 8 amide bonds. The summed E-state index contributed by atoms with van der Waals surface area (Å²) in [5.41, 5.74) is 2.90. The number of amides is 8. The van der Waals surface area contributed by atoms with Crippen molar-refractivity contribution in [2.75, 3.05) is 20.8 Å². The molecule has 7 aromatic rings. The predicted molar refractivity (Wildman–Crippen MR) is 416 cm³/mol. The van der Waals surface area contributed by atoms with Crippen LogP contribution in [-0.4, -0.2) is 219 Å². The summed E-state index contributed by atoms with van der Waals surface area (Å²) in [5, 5.41) is 132. The highest BCUT2D eigenvalue weighted by Gasteiger charge is 2.50. The second-order valence-corrected chi connectivity index (χ2v) is 30.9. The van der Waals surface area contributed by atoms with E-state index in [9.17, 15) is 65.4 Å². The van der Waals surface area contributed by atoms with Gasteiger partial charge in [-0.2, -0.15) is 0 Å². The minimum absolute atomic E-state index is 0.0190. The van der Waals surface area contributed by atoms with E-state index in [1.807, 2.05) is 0 Å². The van der Waals surface area contributed by atoms with Crippen molar-refractivity contribution in [1.29, 1.82) is 0 Å². The van der Waals surface area contributed by atoms with Crippen molar-refractivity contribution in [2.24, 2.45) is 11.7 Å². The number of phenols is 3. The number of benzene rings is 6. The highest BCUT2D eigenvalue weighted by Crippen LogP contribution is 2.50. The highest BCUT2D eigenvalue weighted by molar-refractivity contribution is 6.32. The van der Waals surface area contributed by atoms with E-state index in [0.717, 1.165) is 60.2 Å². The molecule has 0 spiro atoms. The number of aliphatic carboxylic acids is 1. The van der Waals surface area contributed by atoms with Crippen molar-refractivity contribution in [1.82, 2.24) is 52.1 Å². The third-order valence-electron chi connectivity index (χ3n) is 21.2. The summed E-state index contributed by atoms with van der Waals surface area (Å²) in [6, 6.07) is 5.67. The van der Waals surface area contributed by atoms with Crippen LogP contribution in [-0.2, 0) is 70.3 Å². The van der Waals surface area contributed by atoms with Gasteiger partial charge in [0.2, 0.25) is 59.3 Å². The molecule has 18 atom stereocenters. The molecule has 7 aliphatic rings. The maximum atomic E-state index is 16.4. The lowest BCUT2D eigenvalue weighted by molar-refractivity contribution is -0.277. The summed E-state index contributed by atoms with van der Waals surface area (Å²) in [4.78, 5) is 144. The lowest BCUT2D eigenvalue weighted by atomic mass is 9.85. The van der Waals surface area contributed by atoms with Crippen molar-refractivity contribution in [3.63, 3.8) is 0 Å². The van der Waals surface area contributed by atoms with Crippen LogP contribution in [0.5, 0.6) is 51.7 Å². The quantitative estimate of drug-likeness (QED) is 0.0521. The van der Waals surface area contributed by atoms with Crippen LogP contribution >= 0.6 is 23.2 Å². The molecular formula is C80H89Cl2N11O26. The number of aliphatic hydroxyl groups excluding tert-OH is 6. The number of primary amides is 1. The van der Waals surface area contributed by atoms with E-state index in [4.69, 9.17) is 62.1 Å². The number of aromatic hydroxyl groups is 3. The van der Waals surface area contributed by atoms with Crippen LogP contribution in [0.1, 0.15) is 123 Å². The molecule has 39 heteroatoms. The van der Waals surface area contributed by atoms with Crippen molar-refractivity contribution >= 4 is 76.4 Å². The molecule has 8 heterocycles. The molecule has 20 N–H and O–H groups in total. The summed E-state index contributed by atoms with van der Waals surface area (Å²) in [5.74, 6) is -16.7. The van der Waals surface area contributed by atoms with Gasteiger partial charge in [0.1, 0.15) is 107 Å². The monoisotopic (exact) mass is 1690 g/mol. The summed E-state index contributed by atoms with van der Waals surface area (Å²) in [6.07, 6.45) is -16.4. The smallest absolute Gasteiger partial charge is 0.330 e. The van der Waals surface area contributed by atoms with Crippen LogP contribution in [0.3, 0.4) is 0 Å². The number of aliphatic hydroxyl groups is 6. The Morgan fingerprint density at radius 3 is 2.01 bits per heavy atom. The number of H-pyrrole nitrogens is 1. The number of phenolic OH excluding ortho intramolecular Hbond substituents is 3. The zero-order valence-electron chi connectivity index (χ0n) is 64.5. The fourth-order valence-corrected chi connectivity index (χ4v) is 15.2. The largest absolute Gasteiger partial charge is 0.508 e. The zero-order chi connectivity index (χ0) is 85.9. The second kappa shape index (κ2) is 36.4. The fraction of sp³-hybridized carbons (Fsp3) is 0.400. The number of carbonyl (C=O) groups is 9. The van der Waals surface area contributed by atoms with Crippen LogP contribution in [0, 0.1) is 5.92 Å². The van der Waals surface area contributed by atoms with Gasteiger partial charge in [-0.15, -0.1) is 0 Å². The molecule has 37 nitrogen and oxygen atoms in total. The minimum Gasteiger partial charge on any atom is -0.508 e. The Morgan fingerprint density at radius 1 is 0.731 bits per heavy atom. The van der Waals surface area contributed by atoms with E-state index in [1.54, 1.807) is 51.2 Å². The SMILES string of the molecule is COc1ccc(CCC(=O)N(C)[C@H](CC(C)C)C(=O)N[C@H]2C(=O)N[C@@H](CC(N)=O)C(=O)N[C@H]3C(=O)N[C@H]4C(=O)N[C@H](C(=O)N[C@@H](C(=O)O)c5cc(O)cc(O)c5-c5cc4ccc5O)[C@H](OC4C[C@](C)(NCc5c[nH]cn5)[C@@H](O)[C@H](C)O4)c4ccc(c(Cl)c4)Oc4cc3cc(c4O[C@@H]3O[C@H](CO)[C@@H](O)[C@H](O)[C@H]3O)Oc3ccc(cc3Cl)[C@H]2O)cc1. The number of nitrogens with zero attached hydrogens (tertiary/aromatic N) is 2. The Labute approximate surface area is 688 Å². The third kappa shape index (κ3) is 19.2. The normalized spacial score (nSPS) is 26.7. The topological polar surface area (TPSA) is 563 Å². The number of nitrogens with one attached hydrogen (secondary N) is 8. The Bertz CT molecular complexity index is 5010. The molecule has 6 aromatic carbocycles. The van der Waals surface area contributed by atoms with Gasteiger partial charge in [-0.25, -0.2) is 9.78 Å². The Hall–Kier alpha value is -11.5. The Morgan fingerprint density at radius 2 is 1.38 bits per heavy atom. The average Bonchev–Trinajstić information content (AvgIpc) is 1.10. The van der Waals surface area contributed by atoms with Crippen LogP contribution < -0.4 is 61.9 Å². The number of imidazole rings is 1. The first-order chi connectivity index (χ1) is 56.5. The summed E-state index contributed by atoms with van der Waals surface area (Å²) >= 11 is 14.5. The number of methoxy groups -OCH3 is 1. The number of rotatable bonds is 20. The van der Waals surface area contributed by atoms with Crippen molar-refractivity contribution in [2.45, 2.75) is 176 Å². The van der Waals surface area contributed by atoms with Crippen molar-refractivity contribution in [3.05, 3.63) is 165 Å². The number of likely N-dealkylation sites (N-methyl/N-ethyl adjacent to an activating group) is 1. The number of aromatic amines is 1. The van der Waals surface area contributed by atoms with Gasteiger partial charge in [0.15, 0.2) is 23.8 Å². The number of nitrogens with two attached hydrogens (primary N) is 1. The number of fused-ring (bicyclic) bond motifs is 15. The Balaban J connectivity index is 1.05. The lowest BCUT2D eigenvalue weighted by Gasteiger charge is -2.46. The second-order valence-electron chi connectivity index (χ2n) is 30.1. The first-order valence-corrected chi connectivity index (χ1v) is 38.4. The van der Waals surface area contributed by atoms with Gasteiger partial charge in [-0.05, 0) is 127 Å². The van der Waals surface area contributed by atoms with Gasteiger partial charge in [0.25, 0.3) is 0 Å². The standard InChI is InChI=1S/C80H89Cl2N11O26/c1-33(2)19-48(93(5)57(99)18-9-35-7-13-42(113-6)14-8-35)73(106)91-63-65(100)37-11-16-51(45(81)21-37)115-53-23-39-24-54(70(53)119-79-68(103)67(102)66(101)55(31-94)117-79)116-52-17-12-38(22-46(52)82)69(118-58-28-80(4,71(104)34(3)114-58)86-30-40-29-84-32-85-40)64-77(110)90-62(78(111)112)44-25-41(95)26-50(97)59(44)43-20-36(10-15-49(43)96)60(74(107)92-64)89-75(108)61(39)88-72(105)47(27-56(83)98)87-76(63)109/h7-8,10-17,20-26,29,32-34,47-48,55,58,60-69,71,79,86,94-97,100-104H,9,18-19,27-28,30-31H2,1-6H3,(H2,83,98)(H,84,85)(H,87,109)(H,88,105)(H,89,108)(H,90,110)(H,91,106)(H,92,107)(H,111,112)/t34-,47-,48+,55+,58?,60+,61+,62+,63+,64-,65+,66+,67-,68+,69+,71-,79-,80-/m0/s1. The summed E-state index contributed by atoms with van der Waals surface area (Å²) < 4.78 is 44.0. The van der Waals surface area contributed by atoms with E-state index < -0.39 is 248 Å². The number of aryl methyl sites for hydroxylation is 1. The number of hydrogen-bond acceptors (Lipinski definition) is 27. The molecule has 1 unspecified atom stereocenters. The predicted octanol–water partition coefficient (Wildman–Crippen LogP) is 2.54. The van der Waals surface area contributed by atoms with Crippen LogP contribution in [0.25, 0.3) is 11.1 Å². The number of hydrogen-bond donors (Lipinski definition) is 19. The van der Waals surface area contributed by atoms with Crippen molar-refractivity contribution < 1.29 is 127 Å². The molecule has 119 heavy (non-hydrogen) atoms. The molecule has 7 aliphatic heterocycles. The molecule has 2 saturated heterocycles. The molecule has 634 valence electrons. The molecule has 14 rings (SSSR count). The van der Waals surface area contributed by atoms with Crippen LogP contribution in [0.4, 0.5) is 0 Å². The first-order valence-electron chi connectivity index (χ1n) is 37.6. The molecule has 2 fully saturated rings.